The number of hydrogen-bond donors (Lipinski definition) is 6. The van der Waals surface area contributed by atoms with E-state index in [1.54, 1.807) is 6.08 Å². The Labute approximate surface area is 560 Å². The fourth-order valence-corrected chi connectivity index (χ4v) is 12.3. The average Bonchev–Trinajstić information content (AvgIpc) is 1.00. The summed E-state index contributed by atoms with van der Waals surface area (Å²) in [6.45, 7) is 5.82. The Morgan fingerprint density at radius 2 is 0.758 bits per heavy atom. The maximum atomic E-state index is 13.5. The second kappa shape index (κ2) is 67.3. The molecule has 11 nitrogen and oxygen atoms in total. The molecule has 8 unspecified atom stereocenters. The van der Waals surface area contributed by atoms with Crippen LogP contribution in [0.3, 0.4) is 0 Å². The van der Waals surface area contributed by atoms with Gasteiger partial charge in [-0.05, 0) is 70.6 Å². The summed E-state index contributed by atoms with van der Waals surface area (Å²) in [6.07, 6.45) is 76.9. The van der Waals surface area contributed by atoms with Gasteiger partial charge < -0.3 is 45.1 Å². The predicted octanol–water partition coefficient (Wildman–Crippen LogP) is 20.9. The van der Waals surface area contributed by atoms with E-state index in [-0.39, 0.29) is 19.4 Å². The van der Waals surface area contributed by atoms with Crippen LogP contribution in [0.5, 0.6) is 0 Å². The van der Waals surface area contributed by atoms with Gasteiger partial charge in [-0.25, -0.2) is 0 Å². The van der Waals surface area contributed by atoms with Crippen LogP contribution in [-0.2, 0) is 23.8 Å². The van der Waals surface area contributed by atoms with E-state index in [0.717, 1.165) is 83.5 Å². The summed E-state index contributed by atoms with van der Waals surface area (Å²) in [6, 6.07) is -1.03. The molecule has 0 aromatic carbocycles. The Morgan fingerprint density at radius 3 is 1.15 bits per heavy atom. The van der Waals surface area contributed by atoms with E-state index in [1.165, 1.54) is 244 Å². The van der Waals surface area contributed by atoms with Gasteiger partial charge >= 0.3 is 5.97 Å². The number of nitrogens with one attached hydrogen (secondary N) is 1. The van der Waals surface area contributed by atoms with Gasteiger partial charge in [0.2, 0.25) is 5.91 Å². The van der Waals surface area contributed by atoms with Gasteiger partial charge in [-0.1, -0.05) is 358 Å². The first-order valence-corrected chi connectivity index (χ1v) is 39.1. The standard InChI is InChI=1S/C80H147NO10/c1-4-7-10-13-16-19-22-25-27-29-31-33-35-37-39-41-43-45-47-50-53-56-59-62-65-68-75(85)91-78-77(87)76(86)74(69-82)90-80(78)89-70-71(72(83)66-63-60-57-54-51-48-24-21-18-15-12-9-6-3)81-79(88)73(84)67-64-61-58-55-52-49-46-44-42-40-38-36-34-32-30-28-26-23-20-17-14-11-8-5-2/h17,20,26,28,32,34,38,40,63,66,71-74,76-78,80,82-84,86-87H,4-16,18-19,21-25,27,29-31,33,35-37,39,41-62,64-65,67-70H2,1-3H3,(H,81,88)/b20-17-,28-26-,34-32-,40-38-,66-63+. The van der Waals surface area contributed by atoms with Crippen LogP contribution >= 0.6 is 0 Å². The topological polar surface area (TPSA) is 175 Å². The zero-order chi connectivity index (χ0) is 66.0. The number of amides is 1. The van der Waals surface area contributed by atoms with Gasteiger partial charge in [0.25, 0.3) is 0 Å². The molecule has 11 heteroatoms. The molecule has 0 aliphatic carbocycles. The largest absolute Gasteiger partial charge is 0.454 e. The van der Waals surface area contributed by atoms with Crippen LogP contribution in [0.25, 0.3) is 0 Å². The summed E-state index contributed by atoms with van der Waals surface area (Å²) in [5.41, 5.74) is 0. The molecule has 1 aliphatic rings. The van der Waals surface area contributed by atoms with Crippen molar-refractivity contribution in [3.05, 3.63) is 60.8 Å². The molecule has 0 bridgehead atoms. The lowest BCUT2D eigenvalue weighted by Gasteiger charge is -2.41. The molecular formula is C80H147NO10. The van der Waals surface area contributed by atoms with Crippen molar-refractivity contribution < 1.29 is 49.3 Å². The van der Waals surface area contributed by atoms with Gasteiger partial charge in [0.05, 0.1) is 25.4 Å². The number of ether oxygens (including phenoxy) is 3. The Hall–Kier alpha value is -2.64. The molecule has 1 amide bonds. The van der Waals surface area contributed by atoms with E-state index in [4.69, 9.17) is 14.2 Å². The summed E-state index contributed by atoms with van der Waals surface area (Å²) in [5.74, 6) is -1.19. The molecule has 0 aromatic rings. The fourth-order valence-electron chi connectivity index (χ4n) is 12.3. The van der Waals surface area contributed by atoms with Crippen LogP contribution < -0.4 is 5.32 Å². The van der Waals surface area contributed by atoms with E-state index >= 15 is 0 Å². The highest BCUT2D eigenvalue weighted by Crippen LogP contribution is 2.27. The number of esters is 1. The van der Waals surface area contributed by atoms with Gasteiger partial charge in [-0.2, -0.15) is 0 Å². The first kappa shape index (κ1) is 86.4. The maximum Gasteiger partial charge on any atom is 0.306 e. The first-order valence-electron chi connectivity index (χ1n) is 39.1. The SMILES string of the molecule is CCCCC/C=C\C/C=C\C/C=C\C/C=C\CCCCCCCCCCC(O)C(=O)NC(COC1OC(CO)C(O)C(O)C1OC(=O)CCCCCCCCCCCCCCCCCCCCCCCCCCC)C(O)/C=C/CCCCCCCCCCCCC. The lowest BCUT2D eigenvalue weighted by molar-refractivity contribution is -0.305. The molecular weight excluding hydrogens is 1130 g/mol. The molecule has 1 aliphatic heterocycles. The monoisotopic (exact) mass is 1280 g/mol. The highest BCUT2D eigenvalue weighted by Gasteiger charge is 2.47. The summed E-state index contributed by atoms with van der Waals surface area (Å²) in [5, 5.41) is 57.4. The second-order valence-corrected chi connectivity index (χ2v) is 27.1. The highest BCUT2D eigenvalue weighted by atomic mass is 16.7. The van der Waals surface area contributed by atoms with Crippen molar-refractivity contribution in [1.82, 2.24) is 5.32 Å². The van der Waals surface area contributed by atoms with Gasteiger partial charge in [-0.3, -0.25) is 9.59 Å². The van der Waals surface area contributed by atoms with Crippen molar-refractivity contribution in [2.75, 3.05) is 13.2 Å². The lowest BCUT2D eigenvalue weighted by Crippen LogP contribution is -2.61. The number of aliphatic hydroxyl groups excluding tert-OH is 5. The Balaban J connectivity index is 2.53. The number of rotatable bonds is 68. The summed E-state index contributed by atoms with van der Waals surface area (Å²) in [4.78, 5) is 26.8. The number of aliphatic hydroxyl groups is 5. The Morgan fingerprint density at radius 1 is 0.429 bits per heavy atom. The molecule has 1 heterocycles. The Bertz CT molecular complexity index is 1720. The first-order chi connectivity index (χ1) is 44.7. The van der Waals surface area contributed by atoms with Crippen LogP contribution in [0.4, 0.5) is 0 Å². The molecule has 91 heavy (non-hydrogen) atoms. The number of carbonyl (C=O) groups is 2. The lowest BCUT2D eigenvalue weighted by atomic mass is 9.99. The van der Waals surface area contributed by atoms with E-state index in [2.05, 4.69) is 74.7 Å². The minimum absolute atomic E-state index is 0.127. The van der Waals surface area contributed by atoms with Crippen molar-refractivity contribution in [2.24, 2.45) is 0 Å². The molecule has 6 N–H and O–H groups in total. The molecule has 0 aromatic heterocycles. The van der Waals surface area contributed by atoms with Crippen LogP contribution in [0.15, 0.2) is 60.8 Å². The van der Waals surface area contributed by atoms with E-state index in [1.807, 2.05) is 6.08 Å². The van der Waals surface area contributed by atoms with Crippen molar-refractivity contribution in [1.29, 1.82) is 0 Å². The summed E-state index contributed by atoms with van der Waals surface area (Å²) in [7, 11) is 0. The van der Waals surface area contributed by atoms with Crippen LogP contribution in [0.1, 0.15) is 374 Å². The van der Waals surface area contributed by atoms with Crippen LogP contribution in [0.2, 0.25) is 0 Å². The van der Waals surface area contributed by atoms with Crippen LogP contribution in [-0.4, -0.2) is 99.6 Å². The maximum absolute atomic E-state index is 13.5. The van der Waals surface area contributed by atoms with Gasteiger partial charge in [0.15, 0.2) is 12.4 Å². The fraction of sp³-hybridized carbons (Fsp3) is 0.850. The average molecular weight is 1280 g/mol. The van der Waals surface area contributed by atoms with Crippen LogP contribution in [0, 0.1) is 0 Å². The van der Waals surface area contributed by atoms with Gasteiger partial charge in [-0.15, -0.1) is 0 Å². The second-order valence-electron chi connectivity index (χ2n) is 27.1. The molecule has 0 saturated carbocycles. The summed E-state index contributed by atoms with van der Waals surface area (Å²) >= 11 is 0. The van der Waals surface area contributed by atoms with Gasteiger partial charge in [0, 0.05) is 6.42 Å². The number of allylic oxidation sites excluding steroid dienone is 9. The minimum Gasteiger partial charge on any atom is -0.454 e. The Kier molecular flexibility index (Phi) is 63.9. The van der Waals surface area contributed by atoms with E-state index in [0.29, 0.717) is 12.8 Å². The molecule has 1 fully saturated rings. The third kappa shape index (κ3) is 54.2. The third-order valence-electron chi connectivity index (χ3n) is 18.4. The zero-order valence-electron chi connectivity index (χ0n) is 59.5. The normalized spacial score (nSPS) is 18.3. The highest BCUT2D eigenvalue weighted by molar-refractivity contribution is 5.80. The molecule has 532 valence electrons. The molecule has 1 rings (SSSR count). The van der Waals surface area contributed by atoms with Crippen molar-refractivity contribution in [3.63, 3.8) is 0 Å². The van der Waals surface area contributed by atoms with Crippen molar-refractivity contribution in [2.45, 2.75) is 423 Å². The molecule has 8 atom stereocenters. The number of carbonyl (C=O) groups excluding carboxylic acids is 2. The molecule has 0 spiro atoms. The molecule has 0 radical (unpaired) electrons. The van der Waals surface area contributed by atoms with E-state index < -0.39 is 67.4 Å². The quantitative estimate of drug-likeness (QED) is 0.0195. The van der Waals surface area contributed by atoms with Gasteiger partial charge in [0.1, 0.15) is 24.4 Å². The van der Waals surface area contributed by atoms with Crippen molar-refractivity contribution >= 4 is 11.9 Å². The summed E-state index contributed by atoms with van der Waals surface area (Å²) < 4.78 is 17.8. The number of hydrogen-bond acceptors (Lipinski definition) is 10. The predicted molar refractivity (Wildman–Crippen MR) is 384 cm³/mol. The number of unbranched alkanes of at least 4 members (excludes halogenated alkanes) is 46. The van der Waals surface area contributed by atoms with E-state index in [9.17, 15) is 35.1 Å². The molecule has 1 saturated heterocycles. The smallest absolute Gasteiger partial charge is 0.306 e. The zero-order valence-corrected chi connectivity index (χ0v) is 59.5. The van der Waals surface area contributed by atoms with Crippen molar-refractivity contribution in [3.8, 4) is 0 Å². The third-order valence-corrected chi connectivity index (χ3v) is 18.4. The minimum atomic E-state index is -1.62.